The lowest BCUT2D eigenvalue weighted by atomic mass is 9.81. The molecule has 8 nitrogen and oxygen atoms in total. The van der Waals surface area contributed by atoms with Crippen LogP contribution in [-0.2, 0) is 11.3 Å². The number of carboxylic acid groups (broad SMARTS) is 1. The number of nitrogens with one attached hydrogen (secondary N) is 2. The molecule has 1 aromatic heterocycles. The Hall–Kier alpha value is -3.81. The fourth-order valence-electron chi connectivity index (χ4n) is 4.97. The molecule has 2 aromatic carbocycles. The predicted molar refractivity (Wildman–Crippen MR) is 137 cm³/mol. The molecule has 1 fully saturated rings. The Morgan fingerprint density at radius 1 is 1.03 bits per heavy atom. The second-order valence-electron chi connectivity index (χ2n) is 9.29. The van der Waals surface area contributed by atoms with Crippen molar-refractivity contribution >= 4 is 34.5 Å². The quantitative estimate of drug-likeness (QED) is 0.471. The van der Waals surface area contributed by atoms with Crippen LogP contribution in [0.2, 0.25) is 0 Å². The number of carbonyl (C=O) groups excluding carboxylic acids is 2. The van der Waals surface area contributed by atoms with Crippen molar-refractivity contribution < 1.29 is 19.5 Å². The molecule has 1 aliphatic rings. The summed E-state index contributed by atoms with van der Waals surface area (Å²) in [6.07, 6.45) is 5.63. The number of urea groups is 1. The summed E-state index contributed by atoms with van der Waals surface area (Å²) < 4.78 is 1.97. The SMILES string of the molecule is CNC(=O)Nc1ccc(-c2c(C3CCCCC3)c3ccc(C(=O)O)cc3n2CC(=O)N(C)C)cc1. The average Bonchev–Trinajstić information content (AvgIpc) is 3.18. The fraction of sp³-hybridized carbons (Fsp3) is 0.370. The number of amides is 3. The first-order valence-electron chi connectivity index (χ1n) is 12.0. The molecule has 1 saturated carbocycles. The summed E-state index contributed by atoms with van der Waals surface area (Å²) in [5.41, 5.74) is 4.65. The number of carbonyl (C=O) groups is 3. The van der Waals surface area contributed by atoms with E-state index < -0.39 is 5.97 Å². The second-order valence-corrected chi connectivity index (χ2v) is 9.29. The van der Waals surface area contributed by atoms with Crippen LogP contribution in [0.25, 0.3) is 22.2 Å². The zero-order valence-electron chi connectivity index (χ0n) is 20.4. The molecule has 0 radical (unpaired) electrons. The van der Waals surface area contributed by atoms with Gasteiger partial charge in [0.1, 0.15) is 6.54 Å². The Morgan fingerprint density at radius 3 is 2.31 bits per heavy atom. The topological polar surface area (TPSA) is 104 Å². The van der Waals surface area contributed by atoms with Gasteiger partial charge >= 0.3 is 12.0 Å². The molecule has 0 spiro atoms. The van der Waals surface area contributed by atoms with Crippen LogP contribution in [0.5, 0.6) is 0 Å². The molecule has 3 aromatic rings. The van der Waals surface area contributed by atoms with Gasteiger partial charge in [0.05, 0.1) is 16.8 Å². The molecule has 0 saturated heterocycles. The summed E-state index contributed by atoms with van der Waals surface area (Å²) in [6, 6.07) is 12.5. The molecule has 3 N–H and O–H groups in total. The molecular weight excluding hydrogens is 444 g/mol. The minimum Gasteiger partial charge on any atom is -0.478 e. The minimum absolute atomic E-state index is 0.0722. The molecular formula is C27H32N4O4. The van der Waals surface area contributed by atoms with Crippen molar-refractivity contribution in [1.82, 2.24) is 14.8 Å². The number of benzene rings is 2. The van der Waals surface area contributed by atoms with Crippen molar-refractivity contribution in [1.29, 1.82) is 0 Å². The number of hydrogen-bond donors (Lipinski definition) is 3. The van der Waals surface area contributed by atoms with Crippen LogP contribution in [0.1, 0.15) is 53.9 Å². The van der Waals surface area contributed by atoms with Crippen LogP contribution >= 0.6 is 0 Å². The summed E-state index contributed by atoms with van der Waals surface area (Å²) in [7, 11) is 5.00. The third kappa shape index (κ3) is 5.01. The van der Waals surface area contributed by atoms with Gasteiger partial charge in [0, 0.05) is 32.2 Å². The first kappa shape index (κ1) is 24.3. The minimum atomic E-state index is -0.996. The maximum Gasteiger partial charge on any atom is 0.335 e. The Morgan fingerprint density at radius 2 is 1.71 bits per heavy atom. The normalized spacial score (nSPS) is 14.0. The van der Waals surface area contributed by atoms with Crippen LogP contribution in [0.15, 0.2) is 42.5 Å². The summed E-state index contributed by atoms with van der Waals surface area (Å²) in [5.74, 6) is -0.739. The van der Waals surface area contributed by atoms with E-state index in [0.29, 0.717) is 11.6 Å². The molecule has 0 aliphatic heterocycles. The number of hydrogen-bond acceptors (Lipinski definition) is 3. The summed E-state index contributed by atoms with van der Waals surface area (Å²) in [4.78, 5) is 37.9. The molecule has 184 valence electrons. The second kappa shape index (κ2) is 10.2. The molecule has 0 bridgehead atoms. The number of fused-ring (bicyclic) bond motifs is 1. The maximum absolute atomic E-state index is 12.9. The Balaban J connectivity index is 1.95. The highest BCUT2D eigenvalue weighted by molar-refractivity contribution is 5.99. The van der Waals surface area contributed by atoms with E-state index in [9.17, 15) is 19.5 Å². The lowest BCUT2D eigenvalue weighted by Gasteiger charge is -2.24. The highest BCUT2D eigenvalue weighted by Crippen LogP contribution is 2.44. The first-order chi connectivity index (χ1) is 16.8. The highest BCUT2D eigenvalue weighted by Gasteiger charge is 2.28. The maximum atomic E-state index is 12.9. The number of nitrogens with zero attached hydrogens (tertiary/aromatic N) is 2. The van der Waals surface area contributed by atoms with Crippen molar-refractivity contribution in [2.45, 2.75) is 44.6 Å². The molecule has 1 aliphatic carbocycles. The van der Waals surface area contributed by atoms with E-state index in [1.54, 1.807) is 38.2 Å². The van der Waals surface area contributed by atoms with E-state index in [4.69, 9.17) is 0 Å². The van der Waals surface area contributed by atoms with Gasteiger partial charge in [-0.15, -0.1) is 0 Å². The fourth-order valence-corrected chi connectivity index (χ4v) is 4.97. The Bertz CT molecular complexity index is 1250. The predicted octanol–water partition coefficient (Wildman–Crippen LogP) is 4.89. The first-order valence-corrected chi connectivity index (χ1v) is 12.0. The lowest BCUT2D eigenvalue weighted by molar-refractivity contribution is -0.129. The van der Waals surface area contributed by atoms with Gasteiger partial charge in [-0.1, -0.05) is 37.5 Å². The van der Waals surface area contributed by atoms with Crippen molar-refractivity contribution in [3.05, 3.63) is 53.6 Å². The van der Waals surface area contributed by atoms with Gasteiger partial charge in [-0.2, -0.15) is 0 Å². The van der Waals surface area contributed by atoms with Crippen LogP contribution in [-0.4, -0.2) is 53.6 Å². The van der Waals surface area contributed by atoms with E-state index >= 15 is 0 Å². The Labute approximate surface area is 204 Å². The molecule has 3 amide bonds. The molecule has 35 heavy (non-hydrogen) atoms. The van der Waals surface area contributed by atoms with Crippen molar-refractivity contribution in [2.24, 2.45) is 0 Å². The van der Waals surface area contributed by atoms with Gasteiger partial charge in [-0.05, 0) is 54.2 Å². The number of aromatic nitrogens is 1. The molecule has 8 heteroatoms. The molecule has 0 unspecified atom stereocenters. The Kier molecular flexibility index (Phi) is 7.10. The average molecular weight is 477 g/mol. The zero-order valence-corrected chi connectivity index (χ0v) is 20.4. The summed E-state index contributed by atoms with van der Waals surface area (Å²) in [6.45, 7) is 0.104. The van der Waals surface area contributed by atoms with Crippen LogP contribution < -0.4 is 10.6 Å². The van der Waals surface area contributed by atoms with Gasteiger partial charge in [-0.3, -0.25) is 4.79 Å². The van der Waals surface area contributed by atoms with Crippen molar-refractivity contribution in [2.75, 3.05) is 26.5 Å². The molecule has 4 rings (SSSR count). The van der Waals surface area contributed by atoms with Crippen LogP contribution in [0.3, 0.4) is 0 Å². The third-order valence-electron chi connectivity index (χ3n) is 6.80. The number of anilines is 1. The standard InChI is InChI=1S/C27H32N4O4/c1-28-27(35)29-20-12-9-18(10-13-20)25-24(17-7-5-4-6-8-17)21-14-11-19(26(33)34)15-22(21)31(25)16-23(32)30(2)3/h9-15,17H,4-8,16H2,1-3H3,(H,33,34)(H2,28,29,35). The summed E-state index contributed by atoms with van der Waals surface area (Å²) >= 11 is 0. The zero-order chi connectivity index (χ0) is 25.1. The smallest absolute Gasteiger partial charge is 0.335 e. The van der Waals surface area contributed by atoms with Gasteiger partial charge in [0.15, 0.2) is 0 Å². The number of rotatable bonds is 6. The van der Waals surface area contributed by atoms with E-state index in [0.717, 1.165) is 47.8 Å². The van der Waals surface area contributed by atoms with E-state index in [2.05, 4.69) is 10.6 Å². The van der Waals surface area contributed by atoms with Crippen LogP contribution in [0.4, 0.5) is 10.5 Å². The van der Waals surface area contributed by atoms with E-state index in [1.165, 1.54) is 12.0 Å². The molecule has 0 atom stereocenters. The number of carboxylic acids is 1. The van der Waals surface area contributed by atoms with Crippen molar-refractivity contribution in [3.63, 3.8) is 0 Å². The van der Waals surface area contributed by atoms with E-state index in [-0.39, 0.29) is 24.0 Å². The molecule has 1 heterocycles. The summed E-state index contributed by atoms with van der Waals surface area (Å²) in [5, 5.41) is 16.0. The van der Waals surface area contributed by atoms with Gasteiger partial charge < -0.3 is 25.2 Å². The largest absolute Gasteiger partial charge is 0.478 e. The third-order valence-corrected chi connectivity index (χ3v) is 6.80. The lowest BCUT2D eigenvalue weighted by Crippen LogP contribution is -2.26. The van der Waals surface area contributed by atoms with E-state index in [1.807, 2.05) is 34.9 Å². The number of likely N-dealkylation sites (N-methyl/N-ethyl adjacent to an activating group) is 1. The van der Waals surface area contributed by atoms with Crippen molar-refractivity contribution in [3.8, 4) is 11.3 Å². The van der Waals surface area contributed by atoms with Gasteiger partial charge in [0.25, 0.3) is 0 Å². The van der Waals surface area contributed by atoms with Crippen LogP contribution in [0, 0.1) is 0 Å². The highest BCUT2D eigenvalue weighted by atomic mass is 16.4. The van der Waals surface area contributed by atoms with Gasteiger partial charge in [0.2, 0.25) is 5.91 Å². The monoisotopic (exact) mass is 476 g/mol. The number of aromatic carboxylic acids is 1. The van der Waals surface area contributed by atoms with Gasteiger partial charge in [-0.25, -0.2) is 9.59 Å².